The molecule has 127 heavy (non-hydrogen) atoms. The fourth-order valence-electron chi connectivity index (χ4n) is 19.8. The lowest BCUT2D eigenvalue weighted by Gasteiger charge is -2.39. The molecule has 8 nitrogen and oxygen atoms in total. The monoisotopic (exact) mass is 1790 g/mol. The van der Waals surface area contributed by atoms with Gasteiger partial charge >= 0.3 is 0 Å². The van der Waals surface area contributed by atoms with Crippen molar-refractivity contribution in [1.82, 2.24) is 0 Å². The number of para-hydroxylation sites is 2. The van der Waals surface area contributed by atoms with Crippen molar-refractivity contribution in [3.05, 3.63) is 242 Å². The zero-order valence-electron chi connectivity index (χ0n) is 88.5. The molecular formula is C116H172O8S3. The Hall–Kier alpha value is -5.47. The van der Waals surface area contributed by atoms with E-state index in [-0.39, 0.29) is 61.2 Å². The highest BCUT2D eigenvalue weighted by Crippen LogP contribution is 2.65. The average molecular weight is 1790 g/mol. The lowest BCUT2D eigenvalue weighted by atomic mass is 9.74. The molecule has 0 amide bonds. The number of thioether (sulfide) groups is 3. The molecule has 3 aliphatic carbocycles. The van der Waals surface area contributed by atoms with Crippen LogP contribution < -0.4 is 4.74 Å². The summed E-state index contributed by atoms with van der Waals surface area (Å²) in [6.07, 6.45) is 7.57. The topological polar surface area (TPSA) is 73.8 Å². The van der Waals surface area contributed by atoms with Crippen molar-refractivity contribution < 1.29 is 37.9 Å². The van der Waals surface area contributed by atoms with Gasteiger partial charge in [-0.15, -0.1) is 35.3 Å². The van der Waals surface area contributed by atoms with Crippen molar-refractivity contribution in [3.63, 3.8) is 0 Å². The molecule has 3 saturated carbocycles. The standard InChI is InChI=1S/C20H20O2.C20H22O.C10H14O.C10H16O.2C10H18O.2C10H18S.C8H14O.C8H14S/c1-13-14(2)20(22-19(13,3)4)15-9-5-7-11-17(15)21-18-12-8-6-10-16(18)20;1-15-16(2)20(21-19(15,3)4,17-11-7-5-8-12-17)18-13-9-6-10-14-18;1-7-8(2)10(5-6-10)11-9(7)3-4-9;1-7-8(2)10(5-6-10)11-9(7,3)4;1-7-8(2)11-10(5,6)9(7,3)4;1-7-8(2)10(5,6)11-9(7,3)4;1-7-8(2)11-10(5,6)9(7,3)4;1-7-8(2)10(5,6)11-9(7,3)4;2*1-6-7(2)9-5-8(6,3)4/h5-12H,1-4H3;5-14H,1-4H3;3-6H2,1-2H3;5-6H2,1-4H3;4*1-6H3;2*5H2,1-4H3. The third kappa shape index (κ3) is 20.5. The van der Waals surface area contributed by atoms with Gasteiger partial charge in [-0.1, -0.05) is 175 Å². The molecule has 0 aromatic heterocycles. The van der Waals surface area contributed by atoms with E-state index in [9.17, 15) is 0 Å². The summed E-state index contributed by atoms with van der Waals surface area (Å²) >= 11 is 6.08. The molecule has 0 N–H and O–H groups in total. The maximum Gasteiger partial charge on any atom is 0.148 e. The van der Waals surface area contributed by atoms with Crippen LogP contribution in [-0.2, 0) is 44.4 Å². The molecule has 18 rings (SSSR count). The van der Waals surface area contributed by atoms with Crippen LogP contribution in [0.4, 0.5) is 0 Å². The van der Waals surface area contributed by atoms with Crippen LogP contribution in [0.25, 0.3) is 0 Å². The fourth-order valence-corrected chi connectivity index (χ4v) is 24.5. The molecule has 0 unspecified atom stereocenters. The van der Waals surface area contributed by atoms with Gasteiger partial charge in [0.2, 0.25) is 0 Å². The number of rotatable bonds is 2. The first kappa shape index (κ1) is 105. The number of fused-ring (bicyclic) bond motifs is 4. The van der Waals surface area contributed by atoms with Crippen LogP contribution >= 0.6 is 35.3 Å². The van der Waals surface area contributed by atoms with E-state index in [1.54, 1.807) is 33.4 Å². The van der Waals surface area contributed by atoms with Gasteiger partial charge in [0.25, 0.3) is 0 Å². The third-order valence-corrected chi connectivity index (χ3v) is 38.7. The minimum absolute atomic E-state index is 0.000579. The highest BCUT2D eigenvalue weighted by molar-refractivity contribution is 8.04. The van der Waals surface area contributed by atoms with E-state index in [0.29, 0.717) is 25.1 Å². The van der Waals surface area contributed by atoms with E-state index in [1.807, 2.05) is 73.8 Å². The molecule has 3 fully saturated rings. The number of ether oxygens (including phenoxy) is 8. The van der Waals surface area contributed by atoms with Crippen LogP contribution in [0.1, 0.15) is 379 Å². The minimum atomic E-state index is -0.543. The summed E-state index contributed by atoms with van der Waals surface area (Å²) in [6, 6.07) is 37.4. The summed E-state index contributed by atoms with van der Waals surface area (Å²) in [4.78, 5) is 3.04. The summed E-state index contributed by atoms with van der Waals surface area (Å²) in [5.74, 6) is 5.24. The predicted molar refractivity (Wildman–Crippen MR) is 549 cm³/mol. The van der Waals surface area contributed by atoms with Gasteiger partial charge in [0.1, 0.15) is 28.3 Å². The Balaban J connectivity index is 0.000000162. The number of allylic oxidation sites excluding steroid dienone is 6. The zero-order chi connectivity index (χ0) is 96.2. The Morgan fingerprint density at radius 1 is 0.276 bits per heavy atom. The molecule has 0 saturated heterocycles. The molecule has 0 bridgehead atoms. The molecule has 14 aliphatic rings. The lowest BCUT2D eigenvalue weighted by Crippen LogP contribution is -2.36. The zero-order valence-corrected chi connectivity index (χ0v) is 91.0. The van der Waals surface area contributed by atoms with Gasteiger partial charge in [-0.3, -0.25) is 0 Å². The summed E-state index contributed by atoms with van der Waals surface area (Å²) in [5.41, 5.74) is 27.8. The van der Waals surface area contributed by atoms with Gasteiger partial charge in [-0.05, 0) is 407 Å². The molecule has 4 aromatic rings. The predicted octanol–water partition coefficient (Wildman–Crippen LogP) is 34.2. The largest absolute Gasteiger partial charge is 0.497 e. The highest BCUT2D eigenvalue weighted by atomic mass is 32.2. The normalized spacial score (nSPS) is 25.7. The van der Waals surface area contributed by atoms with Gasteiger partial charge in [0.15, 0.2) is 0 Å². The van der Waals surface area contributed by atoms with Crippen molar-refractivity contribution in [3.8, 4) is 11.5 Å². The van der Waals surface area contributed by atoms with Gasteiger partial charge in [0, 0.05) is 47.4 Å². The van der Waals surface area contributed by atoms with Crippen molar-refractivity contribution in [2.75, 3.05) is 12.4 Å². The first-order chi connectivity index (χ1) is 57.8. The molecular weight excluding hydrogens is 1620 g/mol. The number of hydrogen-bond donors (Lipinski definition) is 0. The third-order valence-electron chi connectivity index (χ3n) is 33.9. The molecule has 11 heteroatoms. The Bertz CT molecular complexity index is 4680. The Morgan fingerprint density at radius 3 is 0.827 bits per heavy atom. The summed E-state index contributed by atoms with van der Waals surface area (Å²) in [5, 5.41) is 0. The van der Waals surface area contributed by atoms with E-state index in [1.165, 1.54) is 121 Å². The van der Waals surface area contributed by atoms with Crippen molar-refractivity contribution in [2.24, 2.45) is 21.7 Å². The van der Waals surface area contributed by atoms with Crippen molar-refractivity contribution >= 4 is 35.3 Å². The van der Waals surface area contributed by atoms with Crippen LogP contribution in [0.5, 0.6) is 11.5 Å². The Morgan fingerprint density at radius 2 is 0.622 bits per heavy atom. The first-order valence-corrected chi connectivity index (χ1v) is 50.1. The molecule has 11 heterocycles. The summed E-state index contributed by atoms with van der Waals surface area (Å²) in [6.45, 7) is 102. The first-order valence-electron chi connectivity index (χ1n) is 47.5. The maximum atomic E-state index is 6.70. The second-order valence-corrected chi connectivity index (χ2v) is 51.2. The summed E-state index contributed by atoms with van der Waals surface area (Å²) < 4.78 is 49.7. The molecule has 4 spiro atoms. The van der Waals surface area contributed by atoms with E-state index in [2.05, 4.69) is 389 Å². The number of benzene rings is 4. The van der Waals surface area contributed by atoms with Crippen LogP contribution in [-0.4, -0.2) is 77.0 Å². The maximum absolute atomic E-state index is 6.70. The van der Waals surface area contributed by atoms with E-state index >= 15 is 0 Å². The molecule has 702 valence electrons. The Kier molecular flexibility index (Phi) is 30.2. The van der Waals surface area contributed by atoms with Gasteiger partial charge in [-0.25, -0.2) is 0 Å². The van der Waals surface area contributed by atoms with Crippen LogP contribution in [0, 0.1) is 21.7 Å². The second kappa shape index (κ2) is 36.4. The number of hydrogen-bond acceptors (Lipinski definition) is 11. The van der Waals surface area contributed by atoms with Crippen molar-refractivity contribution in [1.29, 1.82) is 0 Å². The van der Waals surface area contributed by atoms with E-state index in [0.717, 1.165) is 40.8 Å². The van der Waals surface area contributed by atoms with Crippen LogP contribution in [0.15, 0.2) is 220 Å². The van der Waals surface area contributed by atoms with Gasteiger partial charge < -0.3 is 37.9 Å². The molecule has 0 radical (unpaired) electrons. The van der Waals surface area contributed by atoms with Gasteiger partial charge in [0.05, 0.1) is 62.9 Å². The smallest absolute Gasteiger partial charge is 0.148 e. The Labute approximate surface area is 788 Å². The van der Waals surface area contributed by atoms with Crippen molar-refractivity contribution in [2.45, 2.75) is 433 Å². The summed E-state index contributed by atoms with van der Waals surface area (Å²) in [7, 11) is 0. The quantitative estimate of drug-likeness (QED) is 0.180. The molecule has 0 atom stereocenters. The lowest BCUT2D eigenvalue weighted by molar-refractivity contribution is -0.0621. The molecule has 4 aromatic carbocycles. The van der Waals surface area contributed by atoms with Crippen LogP contribution in [0.3, 0.4) is 0 Å². The SMILES string of the molecule is CC1=C(C)C(C)(C)C(C)(C)O1.CC1=C(C)C(C)(C)C(C)(C)S1.CC1=C(C)C(C)(C)CO1.CC1=C(C)C(C)(C)CS1.CC1=C(C)C(C)(C)OC1(C)C.CC1=C(C)C(C)(C)SC1(C)C.CC1=C(C)C(c2ccccc2)(c2ccccc2)OC1(C)C.CC1=C(C)C2(CC2)OC1(C)C.CC1=C(C)C2(CC2)OC12CC2.CC1=C(C)C2(OC1(C)C)c1ccccc1Oc1ccccc12. The highest BCUT2D eigenvalue weighted by Gasteiger charge is 2.64. The second-order valence-electron chi connectivity index (χ2n) is 45.9. The van der Waals surface area contributed by atoms with Crippen LogP contribution in [0.2, 0.25) is 0 Å². The van der Waals surface area contributed by atoms with Gasteiger partial charge in [-0.2, -0.15) is 0 Å². The molecule has 11 aliphatic heterocycles. The van der Waals surface area contributed by atoms with E-state index in [4.69, 9.17) is 37.9 Å². The average Bonchev–Trinajstić information content (AvgIpc) is 1.53. The fraction of sp³-hybridized carbons (Fsp3) is 0.621. The minimum Gasteiger partial charge on any atom is -0.497 e. The van der Waals surface area contributed by atoms with E-state index < -0.39 is 11.2 Å².